The molecule has 11 heteroatoms. The summed E-state index contributed by atoms with van der Waals surface area (Å²) >= 11 is 0. The summed E-state index contributed by atoms with van der Waals surface area (Å²) in [5.74, 6) is -0.922. The highest BCUT2D eigenvalue weighted by Gasteiger charge is 2.53. The summed E-state index contributed by atoms with van der Waals surface area (Å²) in [7, 11) is -2.32. The van der Waals surface area contributed by atoms with Crippen molar-refractivity contribution in [3.8, 4) is 0 Å². The third-order valence-electron chi connectivity index (χ3n) is 8.46. The Labute approximate surface area is 253 Å². The van der Waals surface area contributed by atoms with Gasteiger partial charge in [0.05, 0.1) is 16.8 Å². The van der Waals surface area contributed by atoms with Crippen molar-refractivity contribution in [2.75, 3.05) is 0 Å². The molecule has 228 valence electrons. The van der Waals surface area contributed by atoms with Gasteiger partial charge >= 0.3 is 11.9 Å². The Kier molecular flexibility index (Phi) is 8.63. The maximum absolute atomic E-state index is 14.1. The molecule has 3 aromatic heterocycles. The summed E-state index contributed by atoms with van der Waals surface area (Å²) in [5.41, 5.74) is 0.837. The second-order valence-electron chi connectivity index (χ2n) is 13.0. The van der Waals surface area contributed by atoms with E-state index in [9.17, 15) is 9.59 Å². The maximum Gasteiger partial charge on any atom is 0.347 e. The molecule has 0 saturated carbocycles. The van der Waals surface area contributed by atoms with Crippen LogP contribution in [-0.4, -0.2) is 51.0 Å². The topological polar surface area (TPSA) is 118 Å². The van der Waals surface area contributed by atoms with Gasteiger partial charge in [-0.15, -0.1) is 5.10 Å². The Hall–Kier alpha value is -3.96. The first-order chi connectivity index (χ1) is 19.9. The van der Waals surface area contributed by atoms with Crippen LogP contribution >= 0.6 is 0 Å². The largest absolute Gasteiger partial charge is 0.456 e. The van der Waals surface area contributed by atoms with Gasteiger partial charge in [0.15, 0.2) is 13.8 Å². The number of esters is 1. The van der Waals surface area contributed by atoms with E-state index >= 15 is 0 Å². The summed E-state index contributed by atoms with van der Waals surface area (Å²) in [6, 6.07) is 13.1. The molecular formula is C32H41N5O5Si. The Bertz CT molecular complexity index is 1690. The van der Waals surface area contributed by atoms with Gasteiger partial charge in [0.2, 0.25) is 5.65 Å². The standard InChI is InChI=1S/C32H41N5O5Si/c1-21(40-22(2)38)25-16-15-24-14-13-23(20-26(24)34-25)17-18-32(8,31(6,7)42-43(9,10)30(3,4)5)29(39)41-37-27-12-11-19-33-28(27)35-36-37/h11-21H,1-10H3. The van der Waals surface area contributed by atoms with Crippen LogP contribution in [-0.2, 0) is 18.8 Å². The van der Waals surface area contributed by atoms with Crippen LogP contribution in [0.25, 0.3) is 28.1 Å². The lowest BCUT2D eigenvalue weighted by Gasteiger charge is -2.48. The molecule has 0 fully saturated rings. The van der Waals surface area contributed by atoms with E-state index in [1.54, 1.807) is 25.3 Å². The molecule has 2 unspecified atom stereocenters. The van der Waals surface area contributed by atoms with Crippen molar-refractivity contribution < 1.29 is 23.6 Å². The Balaban J connectivity index is 1.74. The molecule has 0 radical (unpaired) electrons. The van der Waals surface area contributed by atoms with Crippen LogP contribution in [0.4, 0.5) is 0 Å². The third-order valence-corrected chi connectivity index (χ3v) is 13.1. The van der Waals surface area contributed by atoms with Crippen LogP contribution in [0.2, 0.25) is 18.1 Å². The average Bonchev–Trinajstić information content (AvgIpc) is 3.32. The van der Waals surface area contributed by atoms with Gasteiger partial charge in [-0.2, -0.15) is 0 Å². The van der Waals surface area contributed by atoms with Gasteiger partial charge in [0, 0.05) is 18.5 Å². The molecule has 0 aliphatic rings. The number of nitrogens with zero attached hydrogens (tertiary/aromatic N) is 5. The van der Waals surface area contributed by atoms with E-state index in [0.717, 1.165) is 21.3 Å². The van der Waals surface area contributed by atoms with Crippen molar-refractivity contribution in [3.05, 3.63) is 66.0 Å². The number of hydrogen-bond donors (Lipinski definition) is 0. The average molecular weight is 604 g/mol. The number of carbonyl (C=O) groups is 2. The number of carbonyl (C=O) groups excluding carboxylic acids is 2. The minimum Gasteiger partial charge on any atom is -0.456 e. The lowest BCUT2D eigenvalue weighted by atomic mass is 9.75. The number of fused-ring (bicyclic) bond motifs is 2. The van der Waals surface area contributed by atoms with E-state index in [0.29, 0.717) is 16.9 Å². The molecule has 0 amide bonds. The number of hydrogen-bond acceptors (Lipinski definition) is 9. The highest BCUT2D eigenvalue weighted by atomic mass is 28.4. The first-order valence-corrected chi connectivity index (χ1v) is 17.2. The molecule has 0 aliphatic carbocycles. The number of benzene rings is 1. The van der Waals surface area contributed by atoms with Crippen molar-refractivity contribution in [1.29, 1.82) is 0 Å². The van der Waals surface area contributed by atoms with Gasteiger partial charge in [-0.25, -0.2) is 14.8 Å². The summed E-state index contributed by atoms with van der Waals surface area (Å²) in [6.07, 6.45) is 4.83. The van der Waals surface area contributed by atoms with Crippen molar-refractivity contribution in [2.24, 2.45) is 5.41 Å². The van der Waals surface area contributed by atoms with Gasteiger partial charge in [-0.3, -0.25) is 4.79 Å². The van der Waals surface area contributed by atoms with Crippen LogP contribution in [0, 0.1) is 5.41 Å². The predicted octanol–water partition coefficient (Wildman–Crippen LogP) is 6.47. The summed E-state index contributed by atoms with van der Waals surface area (Å²) in [5, 5.41) is 8.87. The molecule has 10 nitrogen and oxygen atoms in total. The van der Waals surface area contributed by atoms with E-state index in [-0.39, 0.29) is 11.0 Å². The lowest BCUT2D eigenvalue weighted by molar-refractivity contribution is -0.164. The molecule has 0 N–H and O–H groups in total. The fourth-order valence-corrected chi connectivity index (χ4v) is 6.24. The molecule has 1 aromatic carbocycles. The smallest absolute Gasteiger partial charge is 0.347 e. The van der Waals surface area contributed by atoms with Crippen molar-refractivity contribution >= 4 is 48.4 Å². The first kappa shape index (κ1) is 32.0. The fraction of sp³-hybridized carbons (Fsp3) is 0.438. The van der Waals surface area contributed by atoms with Crippen LogP contribution in [0.15, 0.2) is 54.7 Å². The van der Waals surface area contributed by atoms with Crippen molar-refractivity contribution in [2.45, 2.75) is 85.2 Å². The van der Waals surface area contributed by atoms with Gasteiger partial charge in [0.1, 0.15) is 11.5 Å². The molecule has 4 rings (SSSR count). The third kappa shape index (κ3) is 6.67. The second kappa shape index (κ2) is 11.6. The molecule has 4 aromatic rings. The summed E-state index contributed by atoms with van der Waals surface area (Å²) < 4.78 is 12.2. The molecule has 0 saturated heterocycles. The van der Waals surface area contributed by atoms with E-state index in [1.807, 2.05) is 63.3 Å². The highest BCUT2D eigenvalue weighted by molar-refractivity contribution is 6.74. The van der Waals surface area contributed by atoms with Crippen molar-refractivity contribution in [3.63, 3.8) is 0 Å². The molecular weight excluding hydrogens is 562 g/mol. The van der Waals surface area contributed by atoms with Gasteiger partial charge in [-0.1, -0.05) is 56.0 Å². The van der Waals surface area contributed by atoms with Crippen LogP contribution in [0.1, 0.15) is 72.8 Å². The fourth-order valence-electron chi connectivity index (χ4n) is 4.45. The Morgan fingerprint density at radius 1 is 1.02 bits per heavy atom. The quantitative estimate of drug-likeness (QED) is 0.120. The van der Waals surface area contributed by atoms with Gasteiger partial charge in [0.25, 0.3) is 0 Å². The van der Waals surface area contributed by atoms with Crippen LogP contribution < -0.4 is 4.84 Å². The monoisotopic (exact) mass is 603 g/mol. The summed E-state index contributed by atoms with van der Waals surface area (Å²) in [6.45, 7) is 19.6. The lowest BCUT2D eigenvalue weighted by Crippen LogP contribution is -2.57. The van der Waals surface area contributed by atoms with E-state index in [4.69, 9.17) is 19.0 Å². The van der Waals surface area contributed by atoms with Gasteiger partial charge < -0.3 is 14.0 Å². The Morgan fingerprint density at radius 3 is 2.40 bits per heavy atom. The maximum atomic E-state index is 14.1. The van der Waals surface area contributed by atoms with E-state index in [2.05, 4.69) is 49.2 Å². The number of ether oxygens (including phenoxy) is 1. The number of pyridine rings is 2. The predicted molar refractivity (Wildman–Crippen MR) is 168 cm³/mol. The number of aromatic nitrogens is 5. The second-order valence-corrected chi connectivity index (χ2v) is 17.8. The minimum absolute atomic E-state index is 0.0858. The first-order valence-electron chi connectivity index (χ1n) is 14.3. The molecule has 43 heavy (non-hydrogen) atoms. The zero-order valence-corrected chi connectivity index (χ0v) is 27.6. The zero-order valence-electron chi connectivity index (χ0n) is 26.6. The van der Waals surface area contributed by atoms with Crippen molar-refractivity contribution in [1.82, 2.24) is 25.1 Å². The van der Waals surface area contributed by atoms with Crippen LogP contribution in [0.5, 0.6) is 0 Å². The summed E-state index contributed by atoms with van der Waals surface area (Å²) in [4.78, 5) is 41.4. The minimum atomic E-state index is -2.32. The normalized spacial score (nSPS) is 15.0. The number of rotatable bonds is 9. The zero-order chi connectivity index (χ0) is 31.8. The van der Waals surface area contributed by atoms with Crippen LogP contribution in [0.3, 0.4) is 0 Å². The SMILES string of the molecule is CC(=O)OC(C)c1ccc2ccc(C=CC(C)(C(=O)On3nnc4ncccc43)C(C)(C)O[Si](C)(C)C(C)(C)C)cc2n1. The Morgan fingerprint density at radius 2 is 1.72 bits per heavy atom. The highest BCUT2D eigenvalue weighted by Crippen LogP contribution is 2.45. The van der Waals surface area contributed by atoms with Gasteiger partial charge in [-0.05, 0) is 80.9 Å². The van der Waals surface area contributed by atoms with E-state index < -0.39 is 31.4 Å². The molecule has 3 heterocycles. The molecule has 0 aliphatic heterocycles. The van der Waals surface area contributed by atoms with E-state index in [1.165, 1.54) is 6.92 Å². The molecule has 0 bridgehead atoms. The molecule has 2 atom stereocenters. The molecule has 0 spiro atoms.